The summed E-state index contributed by atoms with van der Waals surface area (Å²) in [4.78, 5) is 17.2. The Bertz CT molecular complexity index is 1080. The van der Waals surface area contributed by atoms with Gasteiger partial charge in [0.25, 0.3) is 5.56 Å². The molecule has 4 nitrogen and oxygen atoms in total. The van der Waals surface area contributed by atoms with Crippen LogP contribution in [0.2, 0.25) is 5.02 Å². The first kappa shape index (κ1) is 16.7. The Balaban J connectivity index is 1.74. The van der Waals surface area contributed by atoms with Gasteiger partial charge in [0.1, 0.15) is 11.6 Å². The Morgan fingerprint density at radius 1 is 1.19 bits per heavy atom. The third-order valence-corrected chi connectivity index (χ3v) is 4.49. The monoisotopic (exact) mass is 374 g/mol. The molecule has 0 aliphatic carbocycles. The molecule has 132 valence electrons. The van der Waals surface area contributed by atoms with Gasteiger partial charge < -0.3 is 4.74 Å². The van der Waals surface area contributed by atoms with Crippen LogP contribution in [0.4, 0.5) is 8.78 Å². The minimum atomic E-state index is -2.85. The van der Waals surface area contributed by atoms with E-state index in [4.69, 9.17) is 11.6 Å². The largest absolute Gasteiger partial charge is 0.435 e. The smallest absolute Gasteiger partial charge is 0.387 e. The molecular weight excluding hydrogens is 362 g/mol. The maximum atomic E-state index is 12.6. The third kappa shape index (κ3) is 3.08. The maximum Gasteiger partial charge on any atom is 0.387 e. The highest BCUT2D eigenvalue weighted by Gasteiger charge is 2.21. The molecule has 0 spiro atoms. The highest BCUT2D eigenvalue weighted by molar-refractivity contribution is 6.31. The van der Waals surface area contributed by atoms with E-state index >= 15 is 0 Å². The number of alkyl halides is 2. The molecule has 2 aromatic carbocycles. The zero-order valence-electron chi connectivity index (χ0n) is 13.5. The number of nitrogens with zero attached hydrogens (tertiary/aromatic N) is 2. The number of hydrogen-bond acceptors (Lipinski definition) is 3. The van der Waals surface area contributed by atoms with Crippen molar-refractivity contribution in [3.05, 3.63) is 69.2 Å². The van der Waals surface area contributed by atoms with Crippen molar-refractivity contribution in [1.82, 2.24) is 9.55 Å². The van der Waals surface area contributed by atoms with Crippen LogP contribution in [-0.4, -0.2) is 16.2 Å². The van der Waals surface area contributed by atoms with E-state index in [0.717, 1.165) is 11.1 Å². The van der Waals surface area contributed by atoms with Gasteiger partial charge in [0.2, 0.25) is 0 Å². The molecule has 0 bridgehead atoms. The van der Waals surface area contributed by atoms with Gasteiger partial charge in [-0.05, 0) is 54.0 Å². The number of allylic oxidation sites excluding steroid dienone is 1. The highest BCUT2D eigenvalue weighted by atomic mass is 35.5. The predicted octanol–water partition coefficient (Wildman–Crippen LogP) is 4.60. The summed E-state index contributed by atoms with van der Waals surface area (Å²) in [6.07, 6.45) is 2.56. The average Bonchev–Trinajstić information content (AvgIpc) is 2.99. The topological polar surface area (TPSA) is 44.1 Å². The quantitative estimate of drug-likeness (QED) is 0.673. The molecule has 0 unspecified atom stereocenters. The first-order valence-electron chi connectivity index (χ1n) is 7.97. The van der Waals surface area contributed by atoms with Crippen LogP contribution >= 0.6 is 11.6 Å². The van der Waals surface area contributed by atoms with Crippen LogP contribution in [0.5, 0.6) is 5.75 Å². The average molecular weight is 375 g/mol. The van der Waals surface area contributed by atoms with Gasteiger partial charge in [-0.1, -0.05) is 23.7 Å². The van der Waals surface area contributed by atoms with Crippen LogP contribution < -0.4 is 10.3 Å². The highest BCUT2D eigenvalue weighted by Crippen LogP contribution is 2.28. The van der Waals surface area contributed by atoms with E-state index < -0.39 is 6.61 Å². The lowest BCUT2D eigenvalue weighted by Crippen LogP contribution is -2.20. The summed E-state index contributed by atoms with van der Waals surface area (Å²) in [5.74, 6) is 0.710. The number of halogens is 3. The molecule has 0 saturated carbocycles. The fourth-order valence-corrected chi connectivity index (χ4v) is 3.24. The molecule has 0 radical (unpaired) electrons. The molecular formula is C19H13ClF2N2O2. The van der Waals surface area contributed by atoms with Crippen LogP contribution in [0.3, 0.4) is 0 Å². The second kappa shape index (κ2) is 6.53. The molecule has 0 saturated heterocycles. The zero-order valence-corrected chi connectivity index (χ0v) is 14.2. The Morgan fingerprint density at radius 2 is 1.96 bits per heavy atom. The molecule has 26 heavy (non-hydrogen) atoms. The van der Waals surface area contributed by atoms with Crippen molar-refractivity contribution in [3.8, 4) is 5.75 Å². The lowest BCUT2D eigenvalue weighted by atomic mass is 10.1. The summed E-state index contributed by atoms with van der Waals surface area (Å²) in [5.41, 5.74) is 2.19. The minimum Gasteiger partial charge on any atom is -0.435 e. The van der Waals surface area contributed by atoms with E-state index in [2.05, 4.69) is 9.72 Å². The Morgan fingerprint density at radius 3 is 2.69 bits per heavy atom. The van der Waals surface area contributed by atoms with Crippen molar-refractivity contribution < 1.29 is 13.5 Å². The first-order valence-corrected chi connectivity index (χ1v) is 8.35. The molecule has 7 heteroatoms. The van der Waals surface area contributed by atoms with Crippen molar-refractivity contribution in [2.45, 2.75) is 19.6 Å². The Hall–Kier alpha value is -2.73. The van der Waals surface area contributed by atoms with E-state index in [-0.39, 0.29) is 11.3 Å². The molecule has 3 aromatic rings. The summed E-state index contributed by atoms with van der Waals surface area (Å²) in [6.45, 7) is -2.30. The summed E-state index contributed by atoms with van der Waals surface area (Å²) in [6, 6.07) is 11.4. The van der Waals surface area contributed by atoms with Gasteiger partial charge in [0, 0.05) is 11.6 Å². The SMILES string of the molecule is O=c1c2ccc(Cl)cc2nc2n1CC/C2=C\c1ccc(OC(F)F)cc1. The van der Waals surface area contributed by atoms with Crippen LogP contribution in [0.25, 0.3) is 22.6 Å². The van der Waals surface area contributed by atoms with Crippen molar-refractivity contribution in [2.75, 3.05) is 0 Å². The fraction of sp³-hybridized carbons (Fsp3) is 0.158. The number of rotatable bonds is 3. The van der Waals surface area contributed by atoms with Crippen LogP contribution in [0.1, 0.15) is 17.8 Å². The van der Waals surface area contributed by atoms with E-state index in [1.165, 1.54) is 12.1 Å². The van der Waals surface area contributed by atoms with Gasteiger partial charge >= 0.3 is 6.61 Å². The molecule has 0 fully saturated rings. The van der Waals surface area contributed by atoms with Gasteiger partial charge in [-0.3, -0.25) is 9.36 Å². The fourth-order valence-electron chi connectivity index (χ4n) is 3.07. The maximum absolute atomic E-state index is 12.6. The lowest BCUT2D eigenvalue weighted by molar-refractivity contribution is -0.0498. The molecule has 1 aromatic heterocycles. The van der Waals surface area contributed by atoms with E-state index in [1.807, 2.05) is 6.08 Å². The van der Waals surface area contributed by atoms with E-state index in [0.29, 0.717) is 34.7 Å². The summed E-state index contributed by atoms with van der Waals surface area (Å²) in [7, 11) is 0. The molecule has 1 aliphatic rings. The number of benzene rings is 2. The lowest BCUT2D eigenvalue weighted by Gasteiger charge is -2.06. The van der Waals surface area contributed by atoms with Crippen molar-refractivity contribution in [3.63, 3.8) is 0 Å². The van der Waals surface area contributed by atoms with Gasteiger partial charge in [-0.15, -0.1) is 0 Å². The molecule has 0 N–H and O–H groups in total. The third-order valence-electron chi connectivity index (χ3n) is 4.26. The Labute approximate surface area is 152 Å². The number of hydrogen-bond donors (Lipinski definition) is 0. The van der Waals surface area contributed by atoms with Crippen molar-refractivity contribution in [2.24, 2.45) is 0 Å². The van der Waals surface area contributed by atoms with Gasteiger partial charge in [-0.2, -0.15) is 8.78 Å². The minimum absolute atomic E-state index is 0.0919. The second-order valence-electron chi connectivity index (χ2n) is 5.92. The summed E-state index contributed by atoms with van der Waals surface area (Å²) < 4.78 is 30.4. The molecule has 4 rings (SSSR count). The van der Waals surface area contributed by atoms with Crippen LogP contribution in [0.15, 0.2) is 47.3 Å². The van der Waals surface area contributed by atoms with Gasteiger partial charge in [0.15, 0.2) is 0 Å². The normalized spacial score (nSPS) is 15.0. The van der Waals surface area contributed by atoms with Crippen molar-refractivity contribution in [1.29, 1.82) is 0 Å². The van der Waals surface area contributed by atoms with Crippen molar-refractivity contribution >= 4 is 34.2 Å². The molecule has 1 aliphatic heterocycles. The Kier molecular flexibility index (Phi) is 4.20. The number of fused-ring (bicyclic) bond motifs is 2. The van der Waals surface area contributed by atoms with E-state index in [1.54, 1.807) is 34.9 Å². The standard InChI is InChI=1S/C19H13ClF2N2O2/c20-13-3-6-15-16(10-13)23-17-12(7-8-24(17)18(15)25)9-11-1-4-14(5-2-11)26-19(21)22/h1-6,9-10,19H,7-8H2/b12-9+. The molecule has 2 heterocycles. The predicted molar refractivity (Wildman–Crippen MR) is 96.6 cm³/mol. The molecule has 0 atom stereocenters. The summed E-state index contributed by atoms with van der Waals surface area (Å²) >= 11 is 6.01. The zero-order chi connectivity index (χ0) is 18.3. The second-order valence-corrected chi connectivity index (χ2v) is 6.36. The van der Waals surface area contributed by atoms with E-state index in [9.17, 15) is 13.6 Å². The number of aromatic nitrogens is 2. The van der Waals surface area contributed by atoms with Gasteiger partial charge in [0.05, 0.1) is 10.9 Å². The van der Waals surface area contributed by atoms with Crippen LogP contribution in [-0.2, 0) is 6.54 Å². The number of ether oxygens (including phenoxy) is 1. The van der Waals surface area contributed by atoms with Crippen LogP contribution in [0, 0.1) is 0 Å². The summed E-state index contributed by atoms with van der Waals surface area (Å²) in [5, 5.41) is 1.06. The molecule has 0 amide bonds. The first-order chi connectivity index (χ1) is 12.5. The van der Waals surface area contributed by atoms with Gasteiger partial charge in [-0.25, -0.2) is 4.98 Å².